The second-order valence-electron chi connectivity index (χ2n) is 5.38. The molecule has 7 heteroatoms. The lowest BCUT2D eigenvalue weighted by Gasteiger charge is -2.06. The number of aryl methyl sites for hydroxylation is 1. The van der Waals surface area contributed by atoms with Crippen LogP contribution >= 0.6 is 0 Å². The van der Waals surface area contributed by atoms with E-state index in [0.717, 1.165) is 11.6 Å². The SMILES string of the molecule is Cc1nn(Cc2ccccc2)cc1S(=O)(=O)Nc1cccc(F)c1. The van der Waals surface area contributed by atoms with E-state index in [2.05, 4.69) is 9.82 Å². The van der Waals surface area contributed by atoms with Gasteiger partial charge in [-0.15, -0.1) is 0 Å². The number of anilines is 1. The minimum atomic E-state index is -3.83. The molecular formula is C17H16FN3O2S. The van der Waals surface area contributed by atoms with Gasteiger partial charge in [-0.25, -0.2) is 12.8 Å². The van der Waals surface area contributed by atoms with Crippen LogP contribution in [-0.2, 0) is 16.6 Å². The van der Waals surface area contributed by atoms with E-state index in [0.29, 0.717) is 12.2 Å². The molecule has 0 radical (unpaired) electrons. The van der Waals surface area contributed by atoms with Crippen LogP contribution in [0.5, 0.6) is 0 Å². The Morgan fingerprint density at radius 1 is 1.12 bits per heavy atom. The summed E-state index contributed by atoms with van der Waals surface area (Å²) >= 11 is 0. The van der Waals surface area contributed by atoms with Crippen LogP contribution in [0.1, 0.15) is 11.3 Å². The van der Waals surface area contributed by atoms with Crippen molar-refractivity contribution in [3.63, 3.8) is 0 Å². The van der Waals surface area contributed by atoms with Crippen LogP contribution in [0.3, 0.4) is 0 Å². The van der Waals surface area contributed by atoms with Gasteiger partial charge in [0.25, 0.3) is 10.0 Å². The summed E-state index contributed by atoms with van der Waals surface area (Å²) in [6, 6.07) is 14.9. The number of nitrogens with one attached hydrogen (secondary N) is 1. The lowest BCUT2D eigenvalue weighted by atomic mass is 10.2. The fourth-order valence-corrected chi connectivity index (χ4v) is 3.61. The fourth-order valence-electron chi connectivity index (χ4n) is 2.38. The maximum absolute atomic E-state index is 13.2. The molecule has 0 aliphatic heterocycles. The lowest BCUT2D eigenvalue weighted by molar-refractivity contribution is 0.600. The Balaban J connectivity index is 1.86. The quantitative estimate of drug-likeness (QED) is 0.772. The van der Waals surface area contributed by atoms with Crippen LogP contribution in [0.2, 0.25) is 0 Å². The van der Waals surface area contributed by atoms with Gasteiger partial charge in [-0.05, 0) is 30.7 Å². The van der Waals surface area contributed by atoms with Gasteiger partial charge in [-0.1, -0.05) is 36.4 Å². The van der Waals surface area contributed by atoms with Gasteiger partial charge < -0.3 is 0 Å². The Hall–Kier alpha value is -2.67. The van der Waals surface area contributed by atoms with Gasteiger partial charge in [0.1, 0.15) is 10.7 Å². The second kappa shape index (κ2) is 6.45. The zero-order valence-electron chi connectivity index (χ0n) is 13.0. The van der Waals surface area contributed by atoms with Crippen molar-refractivity contribution in [1.29, 1.82) is 0 Å². The minimum absolute atomic E-state index is 0.0719. The van der Waals surface area contributed by atoms with Crippen LogP contribution in [-0.4, -0.2) is 18.2 Å². The van der Waals surface area contributed by atoms with E-state index in [1.807, 2.05) is 30.3 Å². The summed E-state index contributed by atoms with van der Waals surface area (Å²) < 4.78 is 42.2. The topological polar surface area (TPSA) is 64.0 Å². The van der Waals surface area contributed by atoms with Crippen LogP contribution in [0, 0.1) is 12.7 Å². The first-order valence-corrected chi connectivity index (χ1v) is 8.79. The highest BCUT2D eigenvalue weighted by atomic mass is 32.2. The molecule has 0 aliphatic carbocycles. The summed E-state index contributed by atoms with van der Waals surface area (Å²) in [6.45, 7) is 2.10. The molecule has 0 aliphatic rings. The molecular weight excluding hydrogens is 329 g/mol. The van der Waals surface area contributed by atoms with E-state index in [9.17, 15) is 12.8 Å². The van der Waals surface area contributed by atoms with Gasteiger partial charge in [0.05, 0.1) is 17.9 Å². The van der Waals surface area contributed by atoms with Gasteiger partial charge in [0.2, 0.25) is 0 Å². The summed E-state index contributed by atoms with van der Waals surface area (Å²) in [5, 5.41) is 4.25. The Labute approximate surface area is 139 Å². The van der Waals surface area contributed by atoms with E-state index in [-0.39, 0.29) is 10.6 Å². The van der Waals surface area contributed by atoms with Crippen molar-refractivity contribution in [2.45, 2.75) is 18.4 Å². The minimum Gasteiger partial charge on any atom is -0.279 e. The van der Waals surface area contributed by atoms with Crippen molar-refractivity contribution in [2.75, 3.05) is 4.72 Å². The number of sulfonamides is 1. The molecule has 2 aromatic carbocycles. The summed E-state index contributed by atoms with van der Waals surface area (Å²) in [5.74, 6) is -0.508. The normalized spacial score (nSPS) is 11.4. The van der Waals surface area contributed by atoms with E-state index < -0.39 is 15.8 Å². The maximum Gasteiger partial charge on any atom is 0.265 e. The number of hydrogen-bond donors (Lipinski definition) is 1. The first kappa shape index (κ1) is 16.2. The number of benzene rings is 2. The largest absolute Gasteiger partial charge is 0.279 e. The third-order valence-corrected chi connectivity index (χ3v) is 4.94. The zero-order valence-corrected chi connectivity index (χ0v) is 13.8. The van der Waals surface area contributed by atoms with Crippen LogP contribution in [0.25, 0.3) is 0 Å². The summed E-state index contributed by atoms with van der Waals surface area (Å²) in [5.41, 5.74) is 1.57. The molecule has 0 atom stereocenters. The van der Waals surface area contributed by atoms with Crippen molar-refractivity contribution >= 4 is 15.7 Å². The molecule has 0 fully saturated rings. The molecule has 0 spiro atoms. The van der Waals surface area contributed by atoms with Crippen LogP contribution in [0.4, 0.5) is 10.1 Å². The lowest BCUT2D eigenvalue weighted by Crippen LogP contribution is -2.13. The Morgan fingerprint density at radius 3 is 2.58 bits per heavy atom. The highest BCUT2D eigenvalue weighted by Gasteiger charge is 2.20. The molecule has 0 unspecified atom stereocenters. The third-order valence-electron chi connectivity index (χ3n) is 3.46. The summed E-state index contributed by atoms with van der Waals surface area (Å²) in [7, 11) is -3.83. The molecule has 3 rings (SSSR count). The Bertz CT molecular complexity index is 953. The Kier molecular flexibility index (Phi) is 4.35. The standard InChI is InChI=1S/C17H16FN3O2S/c1-13-17(12-21(19-13)11-14-6-3-2-4-7-14)24(22,23)20-16-9-5-8-15(18)10-16/h2-10,12,20H,11H2,1H3. The number of aromatic nitrogens is 2. The molecule has 0 saturated heterocycles. The van der Waals surface area contributed by atoms with E-state index in [1.165, 1.54) is 24.4 Å². The molecule has 0 amide bonds. The molecule has 124 valence electrons. The third kappa shape index (κ3) is 3.62. The maximum atomic E-state index is 13.2. The average molecular weight is 345 g/mol. The Morgan fingerprint density at radius 2 is 1.88 bits per heavy atom. The van der Waals surface area contributed by atoms with Gasteiger partial charge in [0, 0.05) is 6.20 Å². The monoisotopic (exact) mass is 345 g/mol. The van der Waals surface area contributed by atoms with E-state index >= 15 is 0 Å². The predicted octanol–water partition coefficient (Wildman–Crippen LogP) is 3.18. The molecule has 24 heavy (non-hydrogen) atoms. The molecule has 0 bridgehead atoms. The smallest absolute Gasteiger partial charge is 0.265 e. The number of nitrogens with zero attached hydrogens (tertiary/aromatic N) is 2. The van der Waals surface area contributed by atoms with Crippen molar-refractivity contribution < 1.29 is 12.8 Å². The molecule has 0 saturated carbocycles. The van der Waals surface area contributed by atoms with Crippen molar-refractivity contribution in [3.05, 3.63) is 77.9 Å². The van der Waals surface area contributed by atoms with Gasteiger partial charge in [-0.3, -0.25) is 9.40 Å². The molecule has 3 aromatic rings. The number of halogens is 1. The molecule has 1 heterocycles. The predicted molar refractivity (Wildman–Crippen MR) is 89.7 cm³/mol. The summed E-state index contributed by atoms with van der Waals surface area (Å²) in [4.78, 5) is 0.0719. The van der Waals surface area contributed by atoms with E-state index in [4.69, 9.17) is 0 Å². The van der Waals surface area contributed by atoms with Crippen molar-refractivity contribution in [3.8, 4) is 0 Å². The molecule has 1 aromatic heterocycles. The average Bonchev–Trinajstić information content (AvgIpc) is 2.89. The van der Waals surface area contributed by atoms with Crippen molar-refractivity contribution in [1.82, 2.24) is 9.78 Å². The second-order valence-corrected chi connectivity index (χ2v) is 7.03. The van der Waals surface area contributed by atoms with Crippen LogP contribution < -0.4 is 4.72 Å². The zero-order chi connectivity index (χ0) is 17.2. The highest BCUT2D eigenvalue weighted by Crippen LogP contribution is 2.19. The summed E-state index contributed by atoms with van der Waals surface area (Å²) in [6.07, 6.45) is 1.48. The fraction of sp³-hybridized carbons (Fsp3) is 0.118. The van der Waals surface area contributed by atoms with Gasteiger partial charge in [0.15, 0.2) is 0 Å². The highest BCUT2D eigenvalue weighted by molar-refractivity contribution is 7.92. The molecule has 1 N–H and O–H groups in total. The number of rotatable bonds is 5. The molecule has 5 nitrogen and oxygen atoms in total. The van der Waals surface area contributed by atoms with Crippen molar-refractivity contribution in [2.24, 2.45) is 0 Å². The first-order chi connectivity index (χ1) is 11.4. The first-order valence-electron chi connectivity index (χ1n) is 7.30. The van der Waals surface area contributed by atoms with Crippen LogP contribution in [0.15, 0.2) is 65.7 Å². The van der Waals surface area contributed by atoms with E-state index in [1.54, 1.807) is 11.6 Å². The van der Waals surface area contributed by atoms with Gasteiger partial charge >= 0.3 is 0 Å². The number of hydrogen-bond acceptors (Lipinski definition) is 3. The van der Waals surface area contributed by atoms with Gasteiger partial charge in [-0.2, -0.15) is 5.10 Å².